The quantitative estimate of drug-likeness (QED) is 0.470. The predicted molar refractivity (Wildman–Crippen MR) is 126 cm³/mol. The first-order chi connectivity index (χ1) is 17.5. The third kappa shape index (κ3) is 5.24. The van der Waals surface area contributed by atoms with Crippen molar-refractivity contribution < 1.29 is 31.1 Å². The lowest BCUT2D eigenvalue weighted by Crippen LogP contribution is -2.38. The summed E-state index contributed by atoms with van der Waals surface area (Å²) in [6.07, 6.45) is -1.94. The summed E-state index contributed by atoms with van der Waals surface area (Å²) >= 11 is 0. The zero-order chi connectivity index (χ0) is 26.4. The first kappa shape index (κ1) is 25.4. The molecule has 3 aromatic rings. The fraction of sp³-hybridized carbons (Fsp3) is 0.455. The molecule has 0 spiro atoms. The van der Waals surface area contributed by atoms with Gasteiger partial charge in [0.25, 0.3) is 0 Å². The second-order valence-electron chi connectivity index (χ2n) is 8.93. The minimum atomic E-state index is -5.10. The Balaban J connectivity index is 1.36. The Labute approximate surface area is 210 Å². The number of aromatic nitrogens is 4. The summed E-state index contributed by atoms with van der Waals surface area (Å²) in [7, 11) is -1.64. The Hall–Kier alpha value is -3.30. The van der Waals surface area contributed by atoms with Crippen molar-refractivity contribution in [2.24, 2.45) is 0 Å². The summed E-state index contributed by atoms with van der Waals surface area (Å²) < 4.78 is 70.5. The van der Waals surface area contributed by atoms with Crippen LogP contribution in [0.5, 0.6) is 0 Å². The number of alkyl halides is 3. The number of nitrogens with one attached hydrogen (secondary N) is 1. The zero-order valence-electron chi connectivity index (χ0n) is 19.8. The molecule has 0 radical (unpaired) electrons. The maximum absolute atomic E-state index is 12.8. The average Bonchev–Trinajstić information content (AvgIpc) is 3.40. The minimum absolute atomic E-state index is 0.149. The van der Waals surface area contributed by atoms with Crippen LogP contribution in [0.25, 0.3) is 11.0 Å². The number of fused-ring (bicyclic) bond motifs is 2. The molecule has 0 amide bonds. The van der Waals surface area contributed by atoms with Gasteiger partial charge < -0.3 is 10.1 Å². The molecule has 2 aliphatic heterocycles. The van der Waals surface area contributed by atoms with Crippen LogP contribution in [0, 0.1) is 0 Å². The van der Waals surface area contributed by atoms with Gasteiger partial charge in [0.15, 0.2) is 11.9 Å². The molecule has 4 heterocycles. The SMILES string of the molecule is CN1CCc2ccc(Nc3ncc4cnn(CCN5CCCS5(=O)=O)c4n3)cc2C1OC(=O)C(F)(F)F. The summed E-state index contributed by atoms with van der Waals surface area (Å²) in [6.45, 7) is 1.51. The van der Waals surface area contributed by atoms with Crippen molar-refractivity contribution in [1.82, 2.24) is 29.0 Å². The van der Waals surface area contributed by atoms with Crippen molar-refractivity contribution in [2.45, 2.75) is 31.8 Å². The van der Waals surface area contributed by atoms with Crippen molar-refractivity contribution in [3.63, 3.8) is 0 Å². The molecule has 0 saturated carbocycles. The number of ether oxygens (including phenoxy) is 1. The largest absolute Gasteiger partial charge is 0.490 e. The Bertz CT molecular complexity index is 1440. The first-order valence-electron chi connectivity index (χ1n) is 11.6. The number of nitrogens with zero attached hydrogens (tertiary/aromatic N) is 6. The Morgan fingerprint density at radius 1 is 1.22 bits per heavy atom. The Kier molecular flexibility index (Phi) is 6.53. The van der Waals surface area contributed by atoms with E-state index in [0.29, 0.717) is 54.8 Å². The number of benzene rings is 1. The van der Waals surface area contributed by atoms with Crippen molar-refractivity contribution in [2.75, 3.05) is 37.8 Å². The van der Waals surface area contributed by atoms with E-state index in [4.69, 9.17) is 4.74 Å². The number of esters is 1. The van der Waals surface area contributed by atoms with Gasteiger partial charge in [-0.2, -0.15) is 23.3 Å². The fourth-order valence-electron chi connectivity index (χ4n) is 4.47. The van der Waals surface area contributed by atoms with Gasteiger partial charge in [-0.1, -0.05) is 6.07 Å². The number of halogens is 3. The van der Waals surface area contributed by atoms with E-state index < -0.39 is 28.4 Å². The number of hydrogen-bond acceptors (Lipinski definition) is 9. The van der Waals surface area contributed by atoms with E-state index in [9.17, 15) is 26.4 Å². The summed E-state index contributed by atoms with van der Waals surface area (Å²) in [5.74, 6) is -1.88. The van der Waals surface area contributed by atoms with Gasteiger partial charge in [0.05, 0.1) is 23.9 Å². The van der Waals surface area contributed by atoms with Crippen LogP contribution in [0.4, 0.5) is 24.8 Å². The van der Waals surface area contributed by atoms with Crippen molar-refractivity contribution in [3.05, 3.63) is 41.7 Å². The molecule has 37 heavy (non-hydrogen) atoms. The van der Waals surface area contributed by atoms with Crippen molar-refractivity contribution >= 4 is 38.7 Å². The van der Waals surface area contributed by atoms with E-state index in [1.807, 2.05) is 0 Å². The molecule has 1 saturated heterocycles. The van der Waals surface area contributed by atoms with Gasteiger partial charge in [-0.15, -0.1) is 0 Å². The highest BCUT2D eigenvalue weighted by Gasteiger charge is 2.44. The zero-order valence-corrected chi connectivity index (χ0v) is 20.6. The van der Waals surface area contributed by atoms with Crippen molar-refractivity contribution in [3.8, 4) is 0 Å². The molecule has 1 aromatic carbocycles. The second kappa shape index (κ2) is 9.54. The third-order valence-corrected chi connectivity index (χ3v) is 8.35. The molecule has 1 N–H and O–H groups in total. The van der Waals surface area contributed by atoms with E-state index >= 15 is 0 Å². The molecule has 2 aliphatic rings. The summed E-state index contributed by atoms with van der Waals surface area (Å²) in [5.41, 5.74) is 2.21. The predicted octanol–water partition coefficient (Wildman–Crippen LogP) is 2.20. The molecule has 1 unspecified atom stereocenters. The van der Waals surface area contributed by atoms with Gasteiger partial charge in [0, 0.05) is 37.1 Å². The van der Waals surface area contributed by atoms with Gasteiger partial charge >= 0.3 is 12.1 Å². The summed E-state index contributed by atoms with van der Waals surface area (Å²) in [6, 6.07) is 5.12. The van der Waals surface area contributed by atoms with Gasteiger partial charge in [-0.25, -0.2) is 27.2 Å². The molecule has 2 aromatic heterocycles. The highest BCUT2D eigenvalue weighted by Crippen LogP contribution is 2.34. The van der Waals surface area contributed by atoms with Crippen LogP contribution in [0.3, 0.4) is 0 Å². The van der Waals surface area contributed by atoms with Crippen molar-refractivity contribution in [1.29, 1.82) is 0 Å². The lowest BCUT2D eigenvalue weighted by molar-refractivity contribution is -0.213. The molecule has 5 rings (SSSR count). The highest BCUT2D eigenvalue weighted by atomic mass is 32.2. The molecular weight excluding hydrogens is 515 g/mol. The molecule has 1 fully saturated rings. The number of rotatable bonds is 6. The number of sulfonamides is 1. The fourth-order valence-corrected chi connectivity index (χ4v) is 5.99. The van der Waals surface area contributed by atoms with Crippen LogP contribution >= 0.6 is 0 Å². The monoisotopic (exact) mass is 539 g/mol. The second-order valence-corrected chi connectivity index (χ2v) is 11.0. The number of likely N-dealkylation sites (N-methyl/N-ethyl adjacent to an activating group) is 1. The van der Waals surface area contributed by atoms with Crippen LogP contribution in [0.1, 0.15) is 23.8 Å². The molecule has 198 valence electrons. The number of hydrogen-bond donors (Lipinski definition) is 1. The number of anilines is 2. The lowest BCUT2D eigenvalue weighted by Gasteiger charge is -2.34. The standard InChI is InChI=1S/C22H24F3N7O4S/c1-30-7-5-14-3-4-16(11-17(14)19(30)36-20(33)22(23,24)25)28-21-26-12-15-13-27-32(18(15)29-21)9-8-31-6-2-10-37(31,34)35/h3-4,11-13,19H,2,5-10H2,1H3,(H,26,28,29). The molecule has 11 nitrogen and oxygen atoms in total. The summed E-state index contributed by atoms with van der Waals surface area (Å²) in [4.78, 5) is 21.8. The smallest absolute Gasteiger partial charge is 0.435 e. The van der Waals surface area contributed by atoms with Gasteiger partial charge in [0.2, 0.25) is 16.0 Å². The number of carbonyl (C=O) groups is 1. The topological polar surface area (TPSA) is 123 Å². The van der Waals surface area contributed by atoms with E-state index in [1.54, 1.807) is 42.3 Å². The minimum Gasteiger partial charge on any atom is -0.435 e. The third-order valence-electron chi connectivity index (χ3n) is 6.39. The molecule has 15 heteroatoms. The Morgan fingerprint density at radius 2 is 2.03 bits per heavy atom. The summed E-state index contributed by atoms with van der Waals surface area (Å²) in [5, 5.41) is 8.00. The average molecular weight is 540 g/mol. The maximum atomic E-state index is 12.8. The van der Waals surface area contributed by atoms with Gasteiger partial charge in [-0.05, 0) is 37.6 Å². The molecule has 0 bridgehead atoms. The molecular formula is C22H24F3N7O4S. The lowest BCUT2D eigenvalue weighted by atomic mass is 9.97. The van der Waals surface area contributed by atoms with E-state index in [1.165, 1.54) is 9.21 Å². The van der Waals surface area contributed by atoms with Crippen LogP contribution in [0.15, 0.2) is 30.6 Å². The highest BCUT2D eigenvalue weighted by molar-refractivity contribution is 7.89. The van der Waals surface area contributed by atoms with Crippen LogP contribution < -0.4 is 5.32 Å². The normalized spacial score (nSPS) is 20.2. The first-order valence-corrected chi connectivity index (χ1v) is 13.2. The molecule has 1 atom stereocenters. The molecule has 0 aliphatic carbocycles. The van der Waals surface area contributed by atoms with Crippen LogP contribution in [-0.4, -0.2) is 82.0 Å². The van der Waals surface area contributed by atoms with Crippen LogP contribution in [0.2, 0.25) is 0 Å². The Morgan fingerprint density at radius 3 is 2.76 bits per heavy atom. The van der Waals surface area contributed by atoms with Gasteiger partial charge in [0.1, 0.15) is 0 Å². The number of carbonyl (C=O) groups excluding carboxylic acids is 1. The maximum Gasteiger partial charge on any atom is 0.490 e. The van der Waals surface area contributed by atoms with Gasteiger partial charge in [-0.3, -0.25) is 4.90 Å². The van der Waals surface area contributed by atoms with E-state index in [0.717, 1.165) is 5.56 Å². The van der Waals surface area contributed by atoms with E-state index in [2.05, 4.69) is 20.4 Å². The van der Waals surface area contributed by atoms with E-state index in [-0.39, 0.29) is 18.2 Å². The van der Waals surface area contributed by atoms with Crippen LogP contribution in [-0.2, 0) is 32.5 Å².